The van der Waals surface area contributed by atoms with Crippen LogP contribution in [0.2, 0.25) is 0 Å². The molecule has 2 aromatic rings. The van der Waals surface area contributed by atoms with Crippen molar-refractivity contribution in [2.45, 2.75) is 44.8 Å². The summed E-state index contributed by atoms with van der Waals surface area (Å²) < 4.78 is 14.7. The predicted octanol–water partition coefficient (Wildman–Crippen LogP) is 3.12. The molecule has 8 atom stereocenters. The second-order valence-corrected chi connectivity index (χ2v) is 11.8. The Labute approximate surface area is 212 Å². The Morgan fingerprint density at radius 1 is 1.33 bits per heavy atom. The number of carbonyl (C=O) groups excluding carboxylic acids is 1. The highest BCUT2D eigenvalue weighted by Gasteiger charge is 2.93. The Morgan fingerprint density at radius 2 is 2.19 bits per heavy atom. The van der Waals surface area contributed by atoms with Crippen LogP contribution in [0.1, 0.15) is 38.6 Å². The zero-order valence-electron chi connectivity index (χ0n) is 20.2. The molecular formula is C26H28ClN5O4. The van der Waals surface area contributed by atoms with Crippen molar-refractivity contribution in [1.29, 1.82) is 0 Å². The van der Waals surface area contributed by atoms with Gasteiger partial charge in [-0.15, -0.1) is 0 Å². The Balaban J connectivity index is 1.14. The maximum absolute atomic E-state index is 13.5. The van der Waals surface area contributed by atoms with Gasteiger partial charge >= 0.3 is 11.7 Å². The zero-order chi connectivity index (χ0) is 24.6. The van der Waals surface area contributed by atoms with Crippen LogP contribution < -0.4 is 11.0 Å². The fourth-order valence-electron chi connectivity index (χ4n) is 9.06. The lowest BCUT2D eigenvalue weighted by Gasteiger charge is -2.91. The van der Waals surface area contributed by atoms with Crippen molar-refractivity contribution in [2.24, 2.45) is 41.5 Å². The molecule has 0 amide bonds. The minimum absolute atomic E-state index is 0.0266. The van der Waals surface area contributed by atoms with E-state index in [1.807, 2.05) is 17.6 Å². The Kier molecular flexibility index (Phi) is 4.05. The van der Waals surface area contributed by atoms with Gasteiger partial charge in [-0.2, -0.15) is 4.98 Å². The minimum Gasteiger partial charge on any atom is -0.466 e. The molecule has 1 aliphatic heterocycles. The maximum Gasteiger partial charge on any atom is 0.330 e. The number of aromatic nitrogens is 4. The number of halogens is 1. The summed E-state index contributed by atoms with van der Waals surface area (Å²) in [5.74, 6) is 1.91. The Bertz CT molecular complexity index is 1470. The van der Waals surface area contributed by atoms with Crippen molar-refractivity contribution in [3.8, 4) is 0 Å². The topological polar surface area (TPSA) is 100 Å². The Morgan fingerprint density at radius 3 is 2.97 bits per heavy atom. The molecule has 2 aromatic heterocycles. The van der Waals surface area contributed by atoms with Crippen LogP contribution in [-0.2, 0) is 21.3 Å². The fraction of sp³-hybridized carbons (Fsp3) is 0.615. The molecule has 0 aromatic carbocycles. The lowest BCUT2D eigenvalue weighted by atomic mass is 9.12. The molecule has 1 N–H and O–H groups in total. The third-order valence-corrected chi connectivity index (χ3v) is 10.8. The van der Waals surface area contributed by atoms with Gasteiger partial charge in [0.15, 0.2) is 5.65 Å². The lowest BCUT2D eigenvalue weighted by molar-refractivity contribution is -0.439. The molecule has 4 saturated carbocycles. The summed E-state index contributed by atoms with van der Waals surface area (Å²) in [5.41, 5.74) is 1.76. The third kappa shape index (κ3) is 2.21. The van der Waals surface area contributed by atoms with Crippen molar-refractivity contribution in [3.05, 3.63) is 39.6 Å². The van der Waals surface area contributed by atoms with Gasteiger partial charge in [0.05, 0.1) is 35.1 Å². The van der Waals surface area contributed by atoms with Gasteiger partial charge in [-0.3, -0.25) is 13.9 Å². The number of allylic oxidation sites excluding steroid dienone is 1. The molecule has 9 nitrogen and oxygen atoms in total. The first-order valence-corrected chi connectivity index (χ1v) is 13.4. The van der Waals surface area contributed by atoms with Crippen molar-refractivity contribution < 1.29 is 14.3 Å². The van der Waals surface area contributed by atoms with Crippen LogP contribution in [0.3, 0.4) is 0 Å². The van der Waals surface area contributed by atoms with Gasteiger partial charge in [0.2, 0.25) is 5.95 Å². The van der Waals surface area contributed by atoms with E-state index in [1.165, 1.54) is 0 Å². The highest BCUT2D eigenvalue weighted by atomic mass is 35.5. The number of aryl methyl sites for hydroxylation is 1. The van der Waals surface area contributed by atoms with Gasteiger partial charge in [-0.25, -0.2) is 9.78 Å². The number of hydrogen-bond donors (Lipinski definition) is 1. The van der Waals surface area contributed by atoms with E-state index in [2.05, 4.69) is 16.4 Å². The number of hydrogen-bond acceptors (Lipinski definition) is 7. The molecule has 0 bridgehead atoms. The van der Waals surface area contributed by atoms with E-state index in [0.717, 1.165) is 38.0 Å². The van der Waals surface area contributed by atoms with E-state index in [9.17, 15) is 9.59 Å². The number of anilines is 1. The molecule has 0 radical (unpaired) electrons. The van der Waals surface area contributed by atoms with Gasteiger partial charge < -0.3 is 14.8 Å². The zero-order valence-corrected chi connectivity index (χ0v) is 21.0. The fourth-order valence-corrected chi connectivity index (χ4v) is 9.30. The molecule has 188 valence electrons. The van der Waals surface area contributed by atoms with Crippen molar-refractivity contribution in [1.82, 2.24) is 19.1 Å². The average Bonchev–Trinajstić information content (AvgIpc) is 3.35. The van der Waals surface area contributed by atoms with Gasteiger partial charge in [0.25, 0.3) is 0 Å². The highest BCUT2D eigenvalue weighted by molar-refractivity contribution is 6.32. The number of nitrogens with zero attached hydrogens (tertiary/aromatic N) is 4. The van der Waals surface area contributed by atoms with Crippen LogP contribution in [0.15, 0.2) is 33.9 Å². The molecule has 36 heavy (non-hydrogen) atoms. The molecule has 5 fully saturated rings. The number of rotatable bonds is 5. The van der Waals surface area contributed by atoms with Gasteiger partial charge in [-0.1, -0.05) is 17.7 Å². The van der Waals surface area contributed by atoms with Gasteiger partial charge in [-0.05, 0) is 61.9 Å². The molecule has 8 rings (SSSR count). The summed E-state index contributed by atoms with van der Waals surface area (Å²) >= 11 is 6.52. The summed E-state index contributed by atoms with van der Waals surface area (Å²) in [5, 5.41) is 3.87. The van der Waals surface area contributed by atoms with E-state index in [0.29, 0.717) is 46.5 Å². The van der Waals surface area contributed by atoms with Crippen molar-refractivity contribution in [3.63, 3.8) is 0 Å². The first-order valence-electron chi connectivity index (χ1n) is 13.0. The molecule has 1 saturated heterocycles. The summed E-state index contributed by atoms with van der Waals surface area (Å²) in [4.78, 5) is 35.6. The largest absolute Gasteiger partial charge is 0.466 e. The van der Waals surface area contributed by atoms with Crippen molar-refractivity contribution in [2.75, 3.05) is 18.5 Å². The summed E-state index contributed by atoms with van der Waals surface area (Å²) in [6.45, 7) is 3.01. The molecule has 8 unspecified atom stereocenters. The van der Waals surface area contributed by atoms with Crippen LogP contribution in [0.25, 0.3) is 11.2 Å². The van der Waals surface area contributed by atoms with Crippen LogP contribution in [0.4, 0.5) is 5.95 Å². The number of esters is 1. The lowest BCUT2D eigenvalue weighted by Crippen LogP contribution is -2.90. The van der Waals surface area contributed by atoms with E-state index in [-0.39, 0.29) is 40.6 Å². The number of carbonyl (C=O) groups is 1. The van der Waals surface area contributed by atoms with Crippen LogP contribution in [-0.4, -0.2) is 44.4 Å². The van der Waals surface area contributed by atoms with E-state index < -0.39 is 0 Å². The SMILES string of the molecule is CCOC(=O)C12CC3CC4C(n5c(=O)n(C)c6cnc(NC7=CC8CCOC8C=C7Cl)nc65)C(C1)C342. The molecule has 5 aliphatic carbocycles. The number of imidazole rings is 1. The van der Waals surface area contributed by atoms with Crippen LogP contribution >= 0.6 is 11.6 Å². The number of fused-ring (bicyclic) bond motifs is 2. The van der Waals surface area contributed by atoms with Crippen LogP contribution in [0, 0.1) is 34.5 Å². The average molecular weight is 510 g/mol. The summed E-state index contributed by atoms with van der Waals surface area (Å²) in [6.07, 6.45) is 9.53. The minimum atomic E-state index is -0.313. The van der Waals surface area contributed by atoms with Gasteiger partial charge in [0, 0.05) is 25.6 Å². The first kappa shape index (κ1) is 21.4. The van der Waals surface area contributed by atoms with E-state index in [4.69, 9.17) is 26.1 Å². The summed E-state index contributed by atoms with van der Waals surface area (Å²) in [6, 6.07) is 0.0665. The quantitative estimate of drug-likeness (QED) is 0.618. The smallest absolute Gasteiger partial charge is 0.330 e. The second kappa shape index (κ2) is 6.81. The number of nitrogens with one attached hydrogen (secondary N) is 1. The normalized spacial score (nSPS) is 40.9. The monoisotopic (exact) mass is 509 g/mol. The van der Waals surface area contributed by atoms with Gasteiger partial charge in [0.1, 0.15) is 5.52 Å². The molecule has 1 spiro atoms. The maximum atomic E-state index is 13.5. The molecular weight excluding hydrogens is 482 g/mol. The van der Waals surface area contributed by atoms with E-state index >= 15 is 0 Å². The van der Waals surface area contributed by atoms with Crippen molar-refractivity contribution >= 4 is 34.7 Å². The first-order chi connectivity index (χ1) is 17.4. The molecule has 6 aliphatic rings. The second-order valence-electron chi connectivity index (χ2n) is 11.4. The Hall–Kier alpha value is -2.65. The number of ether oxygens (including phenoxy) is 2. The molecule has 10 heteroatoms. The van der Waals surface area contributed by atoms with E-state index in [1.54, 1.807) is 17.8 Å². The third-order valence-electron chi connectivity index (χ3n) is 10.4. The summed E-state index contributed by atoms with van der Waals surface area (Å²) in [7, 11) is 1.77. The molecule has 3 heterocycles. The van der Waals surface area contributed by atoms with Crippen LogP contribution in [0.5, 0.6) is 0 Å². The standard InChI is InChI=1S/C26H28ClN5O4/c1-3-35-22(33)25-9-13-7-14-20(15(10-25)26(13,14)25)32-21-18(31(2)24(32)34)11-28-23(30-21)29-17-6-12-4-5-36-19(12)8-16(17)27/h6,8,11-15,19-20H,3-5,7,9-10H2,1-2H3,(H,28,29,30). The highest BCUT2D eigenvalue weighted by Crippen LogP contribution is 2.95. The predicted molar refractivity (Wildman–Crippen MR) is 131 cm³/mol.